The monoisotopic (exact) mass is 266 g/mol. The molecule has 1 amide bonds. The molecule has 7 nitrogen and oxygen atoms in total. The molecule has 2 rings (SSSR count). The largest absolute Gasteiger partial charge is 0.351 e. The lowest BCUT2D eigenvalue weighted by molar-refractivity contribution is -0.384. The Balaban J connectivity index is 1.76. The summed E-state index contributed by atoms with van der Waals surface area (Å²) in [5, 5.41) is 16.7. The molecule has 2 N–H and O–H groups in total. The minimum atomic E-state index is -0.504. The fourth-order valence-corrected chi connectivity index (χ4v) is 1.85. The molecule has 0 aromatic carbocycles. The number of rotatable bonds is 7. The van der Waals surface area contributed by atoms with E-state index in [1.807, 2.05) is 0 Å². The van der Waals surface area contributed by atoms with Gasteiger partial charge in [0.05, 0.1) is 11.1 Å². The quantitative estimate of drug-likeness (QED) is 0.434. The first-order valence-corrected chi connectivity index (χ1v) is 6.40. The Morgan fingerprint density at radius 1 is 1.53 bits per heavy atom. The van der Waals surface area contributed by atoms with Crippen LogP contribution in [0.25, 0.3) is 0 Å². The number of nitrogens with one attached hydrogen (secondary N) is 2. The van der Waals surface area contributed by atoms with Gasteiger partial charge in [-0.3, -0.25) is 14.9 Å². The maximum absolute atomic E-state index is 11.8. The SMILES string of the molecule is Cn1cc([N+](=O)[O-])cc1C(=O)NCCCNC1CC1. The Kier molecular flexibility index (Phi) is 4.16. The molecular weight excluding hydrogens is 248 g/mol. The molecule has 0 unspecified atom stereocenters. The van der Waals surface area contributed by atoms with Crippen LogP contribution in [-0.2, 0) is 7.05 Å². The van der Waals surface area contributed by atoms with Crippen LogP contribution in [0.2, 0.25) is 0 Å². The fourth-order valence-electron chi connectivity index (χ4n) is 1.85. The molecule has 0 aliphatic heterocycles. The van der Waals surface area contributed by atoms with Crippen LogP contribution in [0.1, 0.15) is 29.8 Å². The zero-order valence-corrected chi connectivity index (χ0v) is 10.9. The Morgan fingerprint density at radius 3 is 2.84 bits per heavy atom. The predicted octanol–water partition coefficient (Wildman–Crippen LogP) is 0.805. The van der Waals surface area contributed by atoms with E-state index in [-0.39, 0.29) is 11.6 Å². The Bertz CT molecular complexity index is 479. The maximum atomic E-state index is 11.8. The number of carbonyl (C=O) groups is 1. The summed E-state index contributed by atoms with van der Waals surface area (Å²) in [4.78, 5) is 21.9. The molecular formula is C12H18N4O3. The summed E-state index contributed by atoms with van der Waals surface area (Å²) in [6.45, 7) is 1.45. The summed E-state index contributed by atoms with van der Waals surface area (Å²) in [5.74, 6) is -0.276. The van der Waals surface area contributed by atoms with Crippen molar-refractivity contribution in [1.82, 2.24) is 15.2 Å². The van der Waals surface area contributed by atoms with Crippen molar-refractivity contribution in [2.24, 2.45) is 7.05 Å². The van der Waals surface area contributed by atoms with E-state index in [9.17, 15) is 14.9 Å². The Morgan fingerprint density at radius 2 is 2.26 bits per heavy atom. The Labute approximate surface area is 111 Å². The predicted molar refractivity (Wildman–Crippen MR) is 70.0 cm³/mol. The molecule has 1 aliphatic rings. The highest BCUT2D eigenvalue weighted by molar-refractivity contribution is 5.93. The van der Waals surface area contributed by atoms with Gasteiger partial charge in [-0.15, -0.1) is 0 Å². The number of amides is 1. The van der Waals surface area contributed by atoms with Crippen LogP contribution in [0, 0.1) is 10.1 Å². The van der Waals surface area contributed by atoms with Crippen molar-refractivity contribution in [3.63, 3.8) is 0 Å². The van der Waals surface area contributed by atoms with E-state index < -0.39 is 4.92 Å². The number of hydrogen-bond acceptors (Lipinski definition) is 4. The van der Waals surface area contributed by atoms with Gasteiger partial charge in [0.2, 0.25) is 0 Å². The van der Waals surface area contributed by atoms with Crippen LogP contribution in [-0.4, -0.2) is 34.5 Å². The van der Waals surface area contributed by atoms with Crippen LogP contribution < -0.4 is 10.6 Å². The molecule has 1 saturated carbocycles. The normalized spacial score (nSPS) is 14.4. The van der Waals surface area contributed by atoms with E-state index >= 15 is 0 Å². The standard InChI is InChI=1S/C12H18N4O3/c1-15-8-10(16(18)19)7-11(15)12(17)14-6-2-5-13-9-3-4-9/h7-9,13H,2-6H2,1H3,(H,14,17). The van der Waals surface area contributed by atoms with Crippen molar-refractivity contribution in [1.29, 1.82) is 0 Å². The van der Waals surface area contributed by atoms with Crippen LogP contribution in [0.5, 0.6) is 0 Å². The third kappa shape index (κ3) is 3.78. The number of aryl methyl sites for hydroxylation is 1. The second kappa shape index (κ2) is 5.83. The van der Waals surface area contributed by atoms with Gasteiger partial charge in [0, 0.05) is 25.7 Å². The first-order chi connectivity index (χ1) is 9.08. The molecule has 0 atom stereocenters. The molecule has 0 bridgehead atoms. The van der Waals surface area contributed by atoms with Crippen LogP contribution >= 0.6 is 0 Å². The van der Waals surface area contributed by atoms with E-state index in [1.165, 1.54) is 29.7 Å². The summed E-state index contributed by atoms with van der Waals surface area (Å²) in [6.07, 6.45) is 4.69. The van der Waals surface area contributed by atoms with Gasteiger partial charge < -0.3 is 15.2 Å². The molecule has 1 heterocycles. The summed E-state index contributed by atoms with van der Waals surface area (Å²) < 4.78 is 1.47. The maximum Gasteiger partial charge on any atom is 0.287 e. The first kappa shape index (κ1) is 13.5. The molecule has 0 saturated heterocycles. The summed E-state index contributed by atoms with van der Waals surface area (Å²) in [7, 11) is 1.62. The molecule has 1 aliphatic carbocycles. The minimum Gasteiger partial charge on any atom is -0.351 e. The second-order valence-electron chi connectivity index (χ2n) is 4.79. The molecule has 19 heavy (non-hydrogen) atoms. The van der Waals surface area contributed by atoms with Crippen molar-refractivity contribution in [3.8, 4) is 0 Å². The number of nitrogens with zero attached hydrogens (tertiary/aromatic N) is 2. The second-order valence-corrected chi connectivity index (χ2v) is 4.79. The Hall–Kier alpha value is -1.89. The smallest absolute Gasteiger partial charge is 0.287 e. The molecule has 0 radical (unpaired) electrons. The van der Waals surface area contributed by atoms with Crippen LogP contribution in [0.4, 0.5) is 5.69 Å². The summed E-state index contributed by atoms with van der Waals surface area (Å²) in [6, 6.07) is 1.96. The van der Waals surface area contributed by atoms with E-state index in [2.05, 4.69) is 10.6 Å². The third-order valence-corrected chi connectivity index (χ3v) is 3.08. The molecule has 7 heteroatoms. The number of hydrogen-bond donors (Lipinski definition) is 2. The highest BCUT2D eigenvalue weighted by Crippen LogP contribution is 2.18. The number of nitro groups is 1. The lowest BCUT2D eigenvalue weighted by atomic mass is 10.3. The van der Waals surface area contributed by atoms with Crippen molar-refractivity contribution in [2.75, 3.05) is 13.1 Å². The van der Waals surface area contributed by atoms with Crippen LogP contribution in [0.3, 0.4) is 0 Å². The van der Waals surface area contributed by atoms with Gasteiger partial charge in [0.1, 0.15) is 5.69 Å². The van der Waals surface area contributed by atoms with E-state index in [1.54, 1.807) is 7.05 Å². The average Bonchev–Trinajstić information content (AvgIpc) is 3.09. The lowest BCUT2D eigenvalue weighted by Crippen LogP contribution is -2.29. The van der Waals surface area contributed by atoms with Crippen LogP contribution in [0.15, 0.2) is 12.3 Å². The number of aromatic nitrogens is 1. The van der Waals surface area contributed by atoms with E-state index in [0.29, 0.717) is 18.3 Å². The third-order valence-electron chi connectivity index (χ3n) is 3.08. The first-order valence-electron chi connectivity index (χ1n) is 6.40. The fraction of sp³-hybridized carbons (Fsp3) is 0.583. The molecule has 0 spiro atoms. The summed E-state index contributed by atoms with van der Waals surface area (Å²) >= 11 is 0. The van der Waals surface area contributed by atoms with Gasteiger partial charge >= 0.3 is 0 Å². The van der Waals surface area contributed by atoms with Gasteiger partial charge in [-0.2, -0.15) is 0 Å². The van der Waals surface area contributed by atoms with Gasteiger partial charge in [0.15, 0.2) is 0 Å². The van der Waals surface area contributed by atoms with Crippen molar-refractivity contribution >= 4 is 11.6 Å². The molecule has 104 valence electrons. The van der Waals surface area contributed by atoms with Gasteiger partial charge in [0.25, 0.3) is 11.6 Å². The van der Waals surface area contributed by atoms with Gasteiger partial charge in [-0.25, -0.2) is 0 Å². The lowest BCUT2D eigenvalue weighted by Gasteiger charge is -2.06. The van der Waals surface area contributed by atoms with Crippen molar-refractivity contribution < 1.29 is 9.72 Å². The van der Waals surface area contributed by atoms with Gasteiger partial charge in [-0.1, -0.05) is 0 Å². The van der Waals surface area contributed by atoms with E-state index in [0.717, 1.165) is 13.0 Å². The van der Waals surface area contributed by atoms with Crippen molar-refractivity contribution in [3.05, 3.63) is 28.1 Å². The number of carbonyl (C=O) groups excluding carboxylic acids is 1. The molecule has 1 fully saturated rings. The zero-order chi connectivity index (χ0) is 13.8. The van der Waals surface area contributed by atoms with Crippen molar-refractivity contribution in [2.45, 2.75) is 25.3 Å². The van der Waals surface area contributed by atoms with E-state index in [4.69, 9.17) is 0 Å². The van der Waals surface area contributed by atoms with Gasteiger partial charge in [-0.05, 0) is 25.8 Å². The topological polar surface area (TPSA) is 89.2 Å². The zero-order valence-electron chi connectivity index (χ0n) is 10.9. The average molecular weight is 266 g/mol. The highest BCUT2D eigenvalue weighted by Gasteiger charge is 2.20. The molecule has 1 aromatic rings. The summed E-state index contributed by atoms with van der Waals surface area (Å²) in [5.41, 5.74) is 0.241. The minimum absolute atomic E-state index is 0.0666. The molecule has 1 aromatic heterocycles. The highest BCUT2D eigenvalue weighted by atomic mass is 16.6.